The number of aromatic nitrogens is 5. The lowest BCUT2D eigenvalue weighted by Gasteiger charge is -2.04. The van der Waals surface area contributed by atoms with Gasteiger partial charge in [0.15, 0.2) is 5.65 Å². The molecule has 7 heteroatoms. The zero-order chi connectivity index (χ0) is 16.7. The molecule has 0 saturated carbocycles. The van der Waals surface area contributed by atoms with Gasteiger partial charge in [0.05, 0.1) is 11.4 Å². The minimum absolute atomic E-state index is 0.273. The minimum atomic E-state index is -0.339. The Morgan fingerprint density at radius 1 is 1.17 bits per heavy atom. The molecule has 3 aromatic heterocycles. The molecule has 0 aliphatic heterocycles. The fourth-order valence-corrected chi connectivity index (χ4v) is 2.59. The van der Waals surface area contributed by atoms with Crippen molar-refractivity contribution in [2.24, 2.45) is 0 Å². The summed E-state index contributed by atoms with van der Waals surface area (Å²) in [6, 6.07) is 9.44. The number of rotatable bonds is 2. The van der Waals surface area contributed by atoms with E-state index in [4.69, 9.17) is 0 Å². The highest BCUT2D eigenvalue weighted by atomic mass is 19.1. The molecule has 0 aliphatic rings. The van der Waals surface area contributed by atoms with Gasteiger partial charge in [0.25, 0.3) is 5.56 Å². The van der Waals surface area contributed by atoms with E-state index in [-0.39, 0.29) is 11.4 Å². The van der Waals surface area contributed by atoms with Crippen molar-refractivity contribution in [3.8, 4) is 17.1 Å². The van der Waals surface area contributed by atoms with Crippen LogP contribution >= 0.6 is 0 Å². The summed E-state index contributed by atoms with van der Waals surface area (Å²) in [5, 5.41) is 4.79. The lowest BCUT2D eigenvalue weighted by atomic mass is 10.2. The SMILES string of the molecule is Cc1nn(-c2ccc(F)cc2)c2nc(-c3cccnc3)[nH]c(=O)c12. The van der Waals surface area contributed by atoms with Gasteiger partial charge in [-0.25, -0.2) is 14.1 Å². The molecule has 0 atom stereocenters. The first-order valence-electron chi connectivity index (χ1n) is 7.29. The molecule has 0 saturated heterocycles. The van der Waals surface area contributed by atoms with Crippen molar-refractivity contribution in [1.82, 2.24) is 24.7 Å². The number of hydrogen-bond acceptors (Lipinski definition) is 4. The summed E-state index contributed by atoms with van der Waals surface area (Å²) in [6.07, 6.45) is 3.27. The van der Waals surface area contributed by atoms with Crippen LogP contribution in [-0.4, -0.2) is 24.7 Å². The Labute approximate surface area is 135 Å². The Morgan fingerprint density at radius 3 is 2.67 bits per heavy atom. The molecule has 0 radical (unpaired) electrons. The van der Waals surface area contributed by atoms with Crippen LogP contribution in [0.15, 0.2) is 53.6 Å². The number of benzene rings is 1. The Morgan fingerprint density at radius 2 is 1.96 bits per heavy atom. The van der Waals surface area contributed by atoms with E-state index in [2.05, 4.69) is 20.1 Å². The molecule has 4 aromatic rings. The predicted molar refractivity (Wildman–Crippen MR) is 87.4 cm³/mol. The van der Waals surface area contributed by atoms with Crippen molar-refractivity contribution in [2.75, 3.05) is 0 Å². The summed E-state index contributed by atoms with van der Waals surface area (Å²) in [6.45, 7) is 1.74. The van der Waals surface area contributed by atoms with Gasteiger partial charge in [-0.05, 0) is 43.3 Å². The second-order valence-corrected chi connectivity index (χ2v) is 5.33. The zero-order valence-corrected chi connectivity index (χ0v) is 12.7. The fourth-order valence-electron chi connectivity index (χ4n) is 2.59. The highest BCUT2D eigenvalue weighted by Crippen LogP contribution is 2.20. The molecular weight excluding hydrogens is 309 g/mol. The lowest BCUT2D eigenvalue weighted by Crippen LogP contribution is -2.10. The summed E-state index contributed by atoms with van der Waals surface area (Å²) in [7, 11) is 0. The van der Waals surface area contributed by atoms with Crippen LogP contribution in [0, 0.1) is 12.7 Å². The van der Waals surface area contributed by atoms with Crippen LogP contribution in [0.3, 0.4) is 0 Å². The van der Waals surface area contributed by atoms with E-state index in [0.717, 1.165) is 0 Å². The zero-order valence-electron chi connectivity index (χ0n) is 12.7. The molecule has 3 heterocycles. The van der Waals surface area contributed by atoms with Gasteiger partial charge >= 0.3 is 0 Å². The molecule has 4 rings (SSSR count). The largest absolute Gasteiger partial charge is 0.306 e. The molecule has 0 unspecified atom stereocenters. The number of halogens is 1. The van der Waals surface area contributed by atoms with Crippen molar-refractivity contribution < 1.29 is 4.39 Å². The summed E-state index contributed by atoms with van der Waals surface area (Å²) in [4.78, 5) is 23.8. The van der Waals surface area contributed by atoms with Gasteiger partial charge in [-0.1, -0.05) is 0 Å². The first-order chi connectivity index (χ1) is 11.6. The monoisotopic (exact) mass is 321 g/mol. The second-order valence-electron chi connectivity index (χ2n) is 5.33. The summed E-state index contributed by atoms with van der Waals surface area (Å²) in [5.41, 5.74) is 2.03. The van der Waals surface area contributed by atoms with Gasteiger partial charge < -0.3 is 4.98 Å². The number of hydrogen-bond donors (Lipinski definition) is 1. The van der Waals surface area contributed by atoms with Gasteiger partial charge in [0, 0.05) is 18.0 Å². The van der Waals surface area contributed by atoms with E-state index in [1.165, 1.54) is 12.1 Å². The smallest absolute Gasteiger partial charge is 0.262 e. The van der Waals surface area contributed by atoms with E-state index in [1.807, 2.05) is 6.07 Å². The molecule has 0 bridgehead atoms. The fraction of sp³-hybridized carbons (Fsp3) is 0.0588. The molecule has 0 fully saturated rings. The normalized spacial score (nSPS) is 11.1. The standard InChI is InChI=1S/C17H12FN5O/c1-10-14-16(23(22-10)13-6-4-12(18)5-7-13)20-15(21-17(14)24)11-3-2-8-19-9-11/h2-9H,1H3,(H,20,21,24). The topological polar surface area (TPSA) is 76.5 Å². The van der Waals surface area contributed by atoms with Gasteiger partial charge in [-0.15, -0.1) is 0 Å². The maximum atomic E-state index is 13.2. The Hall–Kier alpha value is -3.35. The highest BCUT2D eigenvalue weighted by molar-refractivity contribution is 5.80. The van der Waals surface area contributed by atoms with Crippen LogP contribution in [0.5, 0.6) is 0 Å². The first kappa shape index (κ1) is 14.3. The van der Waals surface area contributed by atoms with Crippen molar-refractivity contribution in [2.45, 2.75) is 6.92 Å². The van der Waals surface area contributed by atoms with Crippen LogP contribution in [0.2, 0.25) is 0 Å². The highest BCUT2D eigenvalue weighted by Gasteiger charge is 2.16. The molecule has 0 amide bonds. The molecule has 6 nitrogen and oxygen atoms in total. The Bertz CT molecular complexity index is 1080. The van der Waals surface area contributed by atoms with Gasteiger partial charge in [0.2, 0.25) is 0 Å². The molecule has 118 valence electrons. The van der Waals surface area contributed by atoms with Crippen molar-refractivity contribution in [3.63, 3.8) is 0 Å². The van der Waals surface area contributed by atoms with E-state index in [1.54, 1.807) is 42.2 Å². The number of nitrogens with one attached hydrogen (secondary N) is 1. The number of pyridine rings is 1. The number of aryl methyl sites for hydroxylation is 1. The Balaban J connectivity index is 2.00. The summed E-state index contributed by atoms with van der Waals surface area (Å²) >= 11 is 0. The van der Waals surface area contributed by atoms with Crippen LogP contribution < -0.4 is 5.56 Å². The van der Waals surface area contributed by atoms with Gasteiger partial charge in [0.1, 0.15) is 17.0 Å². The molecule has 1 aromatic carbocycles. The third kappa shape index (κ3) is 2.26. The molecule has 0 spiro atoms. The third-order valence-electron chi connectivity index (χ3n) is 3.72. The van der Waals surface area contributed by atoms with Gasteiger partial charge in [-0.3, -0.25) is 9.78 Å². The lowest BCUT2D eigenvalue weighted by molar-refractivity contribution is 0.627. The van der Waals surface area contributed by atoms with E-state index >= 15 is 0 Å². The van der Waals surface area contributed by atoms with Crippen LogP contribution in [0.1, 0.15) is 5.69 Å². The average Bonchev–Trinajstić information content (AvgIpc) is 2.93. The second kappa shape index (κ2) is 5.38. The maximum Gasteiger partial charge on any atom is 0.262 e. The van der Waals surface area contributed by atoms with E-state index in [0.29, 0.717) is 33.8 Å². The van der Waals surface area contributed by atoms with Crippen LogP contribution in [-0.2, 0) is 0 Å². The first-order valence-corrected chi connectivity index (χ1v) is 7.29. The summed E-state index contributed by atoms with van der Waals surface area (Å²) in [5.74, 6) is 0.0673. The maximum absolute atomic E-state index is 13.2. The quantitative estimate of drug-likeness (QED) is 0.616. The number of fused-ring (bicyclic) bond motifs is 1. The molecule has 0 aliphatic carbocycles. The van der Waals surface area contributed by atoms with E-state index < -0.39 is 0 Å². The number of nitrogens with zero attached hydrogens (tertiary/aromatic N) is 4. The van der Waals surface area contributed by atoms with E-state index in [9.17, 15) is 9.18 Å². The van der Waals surface area contributed by atoms with Crippen molar-refractivity contribution in [1.29, 1.82) is 0 Å². The van der Waals surface area contributed by atoms with Gasteiger partial charge in [-0.2, -0.15) is 5.10 Å². The van der Waals surface area contributed by atoms with Crippen molar-refractivity contribution >= 4 is 11.0 Å². The minimum Gasteiger partial charge on any atom is -0.306 e. The number of aromatic amines is 1. The van der Waals surface area contributed by atoms with Crippen molar-refractivity contribution in [3.05, 3.63) is 70.7 Å². The predicted octanol–water partition coefficient (Wildman–Crippen LogP) is 2.62. The van der Waals surface area contributed by atoms with Crippen LogP contribution in [0.4, 0.5) is 4.39 Å². The molecule has 24 heavy (non-hydrogen) atoms. The number of H-pyrrole nitrogens is 1. The average molecular weight is 321 g/mol. The Kier molecular flexibility index (Phi) is 3.19. The third-order valence-corrected chi connectivity index (χ3v) is 3.72. The molecule has 1 N–H and O–H groups in total. The van der Waals surface area contributed by atoms with Crippen LogP contribution in [0.25, 0.3) is 28.1 Å². The molecular formula is C17H12FN5O. The summed E-state index contributed by atoms with van der Waals surface area (Å²) < 4.78 is 14.7.